The lowest BCUT2D eigenvalue weighted by Gasteiger charge is -2.20. The number of hydrogen-bond acceptors (Lipinski definition) is 2. The van der Waals surface area contributed by atoms with Gasteiger partial charge in [0.1, 0.15) is 5.69 Å². The van der Waals surface area contributed by atoms with Crippen LogP contribution in [0, 0.1) is 0 Å². The van der Waals surface area contributed by atoms with E-state index in [0.717, 1.165) is 43.8 Å². The molecule has 0 bridgehead atoms. The number of fused-ring (bicyclic) bond motifs is 3. The summed E-state index contributed by atoms with van der Waals surface area (Å²) in [6.45, 7) is 0. The number of hydrogen-bond donors (Lipinski definition) is 0. The average molecular weight is 561 g/mol. The standard InChI is InChI=1S/C38H29N2OP/c41-42(31-15-6-2-7-16-31,32-17-8-3-9-18-32)33-24-22-29(23-25-33)37-36(28-12-4-1-5-13-28)38-34-19-11-10-14-30(34)26-35(27-20-21-27)40(38)39-37/h1-19,22-27H,20-21H2. The zero-order chi connectivity index (χ0) is 28.1. The Bertz CT molecular complexity index is 2050. The highest BCUT2D eigenvalue weighted by Gasteiger charge is 2.31. The lowest BCUT2D eigenvalue weighted by atomic mass is 9.97. The second-order valence-corrected chi connectivity index (χ2v) is 13.9. The minimum Gasteiger partial charge on any atom is -0.309 e. The van der Waals surface area contributed by atoms with Crippen molar-refractivity contribution in [3.05, 3.63) is 151 Å². The summed E-state index contributed by atoms with van der Waals surface area (Å²) in [7, 11) is -3.06. The molecule has 8 rings (SSSR count). The minimum atomic E-state index is -3.06. The van der Waals surface area contributed by atoms with E-state index in [1.54, 1.807) is 0 Å². The molecule has 1 fully saturated rings. The molecular weight excluding hydrogens is 531 g/mol. The van der Waals surface area contributed by atoms with E-state index in [1.165, 1.54) is 29.3 Å². The summed E-state index contributed by atoms with van der Waals surface area (Å²) in [4.78, 5) is 0. The molecule has 1 aliphatic rings. The number of nitrogens with zero attached hydrogens (tertiary/aromatic N) is 2. The number of rotatable bonds is 6. The summed E-state index contributed by atoms with van der Waals surface area (Å²) in [5, 5.41) is 10.3. The van der Waals surface area contributed by atoms with Crippen LogP contribution in [0.15, 0.2) is 146 Å². The highest BCUT2D eigenvalue weighted by Crippen LogP contribution is 2.46. The Kier molecular flexibility index (Phi) is 5.94. The molecule has 2 heterocycles. The topological polar surface area (TPSA) is 34.4 Å². The van der Waals surface area contributed by atoms with E-state index >= 15 is 0 Å². The molecule has 4 heteroatoms. The van der Waals surface area contributed by atoms with Crippen molar-refractivity contribution < 1.29 is 4.57 Å². The van der Waals surface area contributed by atoms with Crippen molar-refractivity contribution in [3.8, 4) is 22.4 Å². The summed E-state index contributed by atoms with van der Waals surface area (Å²) in [5.74, 6) is 0.540. The predicted octanol–water partition coefficient (Wildman–Crippen LogP) is 8.34. The van der Waals surface area contributed by atoms with Gasteiger partial charge >= 0.3 is 0 Å². The monoisotopic (exact) mass is 560 g/mol. The van der Waals surface area contributed by atoms with E-state index < -0.39 is 7.14 Å². The summed E-state index contributed by atoms with van der Waals surface area (Å²) < 4.78 is 17.1. The maximum atomic E-state index is 14.9. The SMILES string of the molecule is O=P(c1ccccc1)(c1ccccc1)c1ccc(-c2nn3c(C4CC4)cc4ccccc4c3c2-c2ccccc2)cc1. The fourth-order valence-corrected chi connectivity index (χ4v) is 8.86. The molecular formula is C38H29N2OP. The third-order valence-corrected chi connectivity index (χ3v) is 11.5. The highest BCUT2D eigenvalue weighted by molar-refractivity contribution is 7.85. The van der Waals surface area contributed by atoms with Crippen LogP contribution in [0.1, 0.15) is 24.5 Å². The summed E-state index contributed by atoms with van der Waals surface area (Å²) >= 11 is 0. The molecule has 0 amide bonds. The predicted molar refractivity (Wildman–Crippen MR) is 175 cm³/mol. The first-order valence-corrected chi connectivity index (χ1v) is 16.2. The molecule has 42 heavy (non-hydrogen) atoms. The maximum absolute atomic E-state index is 14.9. The zero-order valence-electron chi connectivity index (χ0n) is 23.1. The Morgan fingerprint density at radius 1 is 0.595 bits per heavy atom. The van der Waals surface area contributed by atoms with Gasteiger partial charge in [-0.25, -0.2) is 4.52 Å². The Morgan fingerprint density at radius 2 is 1.14 bits per heavy atom. The van der Waals surface area contributed by atoms with Gasteiger partial charge in [0.15, 0.2) is 7.14 Å². The molecule has 0 N–H and O–H groups in total. The van der Waals surface area contributed by atoms with Crippen LogP contribution < -0.4 is 15.9 Å². The molecule has 0 unspecified atom stereocenters. The highest BCUT2D eigenvalue weighted by atomic mass is 31.2. The van der Waals surface area contributed by atoms with Crippen LogP contribution in [0.25, 0.3) is 38.7 Å². The van der Waals surface area contributed by atoms with Gasteiger partial charge in [-0.2, -0.15) is 5.10 Å². The second-order valence-electron chi connectivity index (χ2n) is 11.1. The molecule has 0 radical (unpaired) electrons. The van der Waals surface area contributed by atoms with Crippen LogP contribution in [-0.4, -0.2) is 9.61 Å². The van der Waals surface area contributed by atoms with E-state index in [-0.39, 0.29) is 0 Å². The van der Waals surface area contributed by atoms with E-state index in [1.807, 2.05) is 72.8 Å². The number of pyridine rings is 1. The molecule has 1 aliphatic carbocycles. The van der Waals surface area contributed by atoms with Crippen LogP contribution in [0.2, 0.25) is 0 Å². The van der Waals surface area contributed by atoms with Gasteiger partial charge in [0.25, 0.3) is 0 Å². The molecule has 1 saturated carbocycles. The van der Waals surface area contributed by atoms with Gasteiger partial charge < -0.3 is 4.57 Å². The molecule has 0 saturated heterocycles. The van der Waals surface area contributed by atoms with E-state index in [0.29, 0.717) is 5.92 Å². The number of aromatic nitrogens is 2. The van der Waals surface area contributed by atoms with Gasteiger partial charge in [0.2, 0.25) is 0 Å². The smallest absolute Gasteiger partial charge is 0.171 e. The lowest BCUT2D eigenvalue weighted by Crippen LogP contribution is -2.24. The molecule has 5 aromatic carbocycles. The molecule has 0 atom stereocenters. The fraction of sp³-hybridized carbons (Fsp3) is 0.0789. The Labute approximate surface area is 245 Å². The van der Waals surface area contributed by atoms with Crippen molar-refractivity contribution in [2.24, 2.45) is 0 Å². The van der Waals surface area contributed by atoms with Crippen LogP contribution in [0.3, 0.4) is 0 Å². The quantitative estimate of drug-likeness (QED) is 0.192. The molecule has 0 aliphatic heterocycles. The van der Waals surface area contributed by atoms with Gasteiger partial charge in [-0.05, 0) is 29.9 Å². The van der Waals surface area contributed by atoms with Crippen molar-refractivity contribution >= 4 is 39.3 Å². The third kappa shape index (κ3) is 4.04. The van der Waals surface area contributed by atoms with Crippen molar-refractivity contribution in [1.82, 2.24) is 9.61 Å². The average Bonchev–Trinajstić information content (AvgIpc) is 3.84. The van der Waals surface area contributed by atoms with Crippen molar-refractivity contribution in [1.29, 1.82) is 0 Å². The first-order valence-electron chi connectivity index (χ1n) is 14.5. The third-order valence-electron chi connectivity index (χ3n) is 8.45. The minimum absolute atomic E-state index is 0.540. The Hall–Kier alpha value is -4.72. The van der Waals surface area contributed by atoms with E-state index in [2.05, 4.69) is 77.3 Å². The van der Waals surface area contributed by atoms with Crippen molar-refractivity contribution in [2.45, 2.75) is 18.8 Å². The molecule has 202 valence electrons. The molecule has 2 aromatic heterocycles. The normalized spacial score (nSPS) is 13.5. The van der Waals surface area contributed by atoms with Crippen molar-refractivity contribution in [2.75, 3.05) is 0 Å². The van der Waals surface area contributed by atoms with Gasteiger partial charge in [0, 0.05) is 44.0 Å². The summed E-state index contributed by atoms with van der Waals surface area (Å²) in [5.41, 5.74) is 6.67. The first-order chi connectivity index (χ1) is 20.7. The summed E-state index contributed by atoms with van der Waals surface area (Å²) in [6.07, 6.45) is 2.40. The molecule has 7 aromatic rings. The van der Waals surface area contributed by atoms with Crippen LogP contribution in [0.4, 0.5) is 0 Å². The van der Waals surface area contributed by atoms with E-state index in [9.17, 15) is 4.57 Å². The summed E-state index contributed by atoms with van der Waals surface area (Å²) in [6, 6.07) is 49.5. The van der Waals surface area contributed by atoms with Crippen LogP contribution >= 0.6 is 7.14 Å². The molecule has 3 nitrogen and oxygen atoms in total. The number of benzene rings is 5. The Morgan fingerprint density at radius 3 is 1.76 bits per heavy atom. The fourth-order valence-electron chi connectivity index (χ4n) is 6.22. The first kappa shape index (κ1) is 25.0. The van der Waals surface area contributed by atoms with Crippen LogP contribution in [-0.2, 0) is 4.57 Å². The Balaban J connectivity index is 1.36. The van der Waals surface area contributed by atoms with Gasteiger partial charge in [0.05, 0.1) is 5.52 Å². The van der Waals surface area contributed by atoms with Gasteiger partial charge in [-0.15, -0.1) is 0 Å². The molecule has 0 spiro atoms. The van der Waals surface area contributed by atoms with E-state index in [4.69, 9.17) is 5.10 Å². The zero-order valence-corrected chi connectivity index (χ0v) is 24.0. The second kappa shape index (κ2) is 9.98. The van der Waals surface area contributed by atoms with Gasteiger partial charge in [-0.3, -0.25) is 0 Å². The van der Waals surface area contributed by atoms with Crippen molar-refractivity contribution in [3.63, 3.8) is 0 Å². The largest absolute Gasteiger partial charge is 0.309 e. The maximum Gasteiger partial charge on any atom is 0.171 e. The van der Waals surface area contributed by atoms with Crippen LogP contribution in [0.5, 0.6) is 0 Å². The van der Waals surface area contributed by atoms with Gasteiger partial charge in [-0.1, -0.05) is 140 Å². The lowest BCUT2D eigenvalue weighted by molar-refractivity contribution is 0.592.